The third kappa shape index (κ3) is 3.01. The minimum Gasteiger partial charge on any atom is -0.497 e. The first-order valence-electron chi connectivity index (χ1n) is 6.30. The van der Waals surface area contributed by atoms with Crippen LogP contribution in [0.3, 0.4) is 0 Å². The highest BCUT2D eigenvalue weighted by atomic mass is 16.5. The van der Waals surface area contributed by atoms with Crippen molar-refractivity contribution < 1.29 is 14.3 Å². The number of rotatable bonds is 4. The summed E-state index contributed by atoms with van der Waals surface area (Å²) in [5.74, 6) is 0.405. The molecule has 0 bridgehead atoms. The van der Waals surface area contributed by atoms with Gasteiger partial charge in [-0.05, 0) is 43.4 Å². The summed E-state index contributed by atoms with van der Waals surface area (Å²) in [6, 6.07) is 6.45. The van der Waals surface area contributed by atoms with Crippen molar-refractivity contribution in [2.24, 2.45) is 5.73 Å². The molecule has 0 heterocycles. The molecule has 0 aromatic heterocycles. The van der Waals surface area contributed by atoms with Crippen molar-refractivity contribution in [1.29, 1.82) is 0 Å². The van der Waals surface area contributed by atoms with Crippen molar-refractivity contribution in [2.45, 2.75) is 37.8 Å². The van der Waals surface area contributed by atoms with Crippen LogP contribution in [0, 0.1) is 0 Å². The van der Waals surface area contributed by atoms with Gasteiger partial charge in [-0.3, -0.25) is 0 Å². The van der Waals surface area contributed by atoms with E-state index in [1.54, 1.807) is 31.4 Å². The second kappa shape index (κ2) is 5.87. The number of hydrogen-bond acceptors (Lipinski definition) is 4. The van der Waals surface area contributed by atoms with Crippen LogP contribution in [0.1, 0.15) is 37.3 Å². The number of carbonyl (C=O) groups is 1. The SMILES string of the molecule is COc1ccc([C@H](N)C(=O)OC2CCCC2)cc1. The Kier molecular flexibility index (Phi) is 4.20. The van der Waals surface area contributed by atoms with Crippen molar-refractivity contribution in [3.8, 4) is 5.75 Å². The number of carbonyl (C=O) groups excluding carboxylic acids is 1. The summed E-state index contributed by atoms with van der Waals surface area (Å²) in [5, 5.41) is 0. The van der Waals surface area contributed by atoms with E-state index in [9.17, 15) is 4.79 Å². The first kappa shape index (κ1) is 12.9. The van der Waals surface area contributed by atoms with Crippen molar-refractivity contribution in [2.75, 3.05) is 7.11 Å². The molecule has 0 saturated heterocycles. The summed E-state index contributed by atoms with van der Waals surface area (Å²) in [5.41, 5.74) is 6.64. The average molecular weight is 249 g/mol. The van der Waals surface area contributed by atoms with Gasteiger partial charge in [0, 0.05) is 0 Å². The Hall–Kier alpha value is -1.55. The molecule has 98 valence electrons. The molecule has 4 heteroatoms. The van der Waals surface area contributed by atoms with Gasteiger partial charge in [-0.15, -0.1) is 0 Å². The largest absolute Gasteiger partial charge is 0.497 e. The van der Waals surface area contributed by atoms with E-state index < -0.39 is 6.04 Å². The number of esters is 1. The molecule has 1 aromatic rings. The normalized spacial score (nSPS) is 17.4. The lowest BCUT2D eigenvalue weighted by molar-refractivity contribution is -0.150. The second-order valence-corrected chi connectivity index (χ2v) is 4.59. The van der Waals surface area contributed by atoms with Gasteiger partial charge in [-0.25, -0.2) is 4.79 Å². The molecule has 4 nitrogen and oxygen atoms in total. The Morgan fingerprint density at radius 3 is 2.44 bits per heavy atom. The Balaban J connectivity index is 1.95. The topological polar surface area (TPSA) is 61.5 Å². The van der Waals surface area contributed by atoms with Gasteiger partial charge in [0.05, 0.1) is 7.11 Å². The fraction of sp³-hybridized carbons (Fsp3) is 0.500. The lowest BCUT2D eigenvalue weighted by atomic mass is 10.1. The van der Waals surface area contributed by atoms with Crippen LogP contribution in [0.4, 0.5) is 0 Å². The molecule has 0 amide bonds. The van der Waals surface area contributed by atoms with E-state index in [1.807, 2.05) is 0 Å². The number of nitrogens with two attached hydrogens (primary N) is 1. The van der Waals surface area contributed by atoms with Crippen LogP contribution in [0.25, 0.3) is 0 Å². The van der Waals surface area contributed by atoms with Crippen LogP contribution < -0.4 is 10.5 Å². The van der Waals surface area contributed by atoms with E-state index in [1.165, 1.54) is 0 Å². The first-order valence-corrected chi connectivity index (χ1v) is 6.30. The third-order valence-electron chi connectivity index (χ3n) is 3.31. The predicted molar refractivity (Wildman–Crippen MR) is 68.3 cm³/mol. The van der Waals surface area contributed by atoms with Crippen LogP contribution in [0.2, 0.25) is 0 Å². The van der Waals surface area contributed by atoms with E-state index in [0.717, 1.165) is 37.0 Å². The number of hydrogen-bond donors (Lipinski definition) is 1. The highest BCUT2D eigenvalue weighted by molar-refractivity contribution is 5.77. The molecule has 1 aliphatic carbocycles. The molecule has 2 rings (SSSR count). The smallest absolute Gasteiger partial charge is 0.327 e. The second-order valence-electron chi connectivity index (χ2n) is 4.59. The average Bonchev–Trinajstić information content (AvgIpc) is 2.91. The monoisotopic (exact) mass is 249 g/mol. The lowest BCUT2D eigenvalue weighted by Gasteiger charge is -2.16. The fourth-order valence-electron chi connectivity index (χ4n) is 2.19. The molecule has 1 atom stereocenters. The van der Waals surface area contributed by atoms with Gasteiger partial charge in [0.2, 0.25) is 0 Å². The summed E-state index contributed by atoms with van der Waals surface area (Å²) >= 11 is 0. The van der Waals surface area contributed by atoms with Gasteiger partial charge < -0.3 is 15.2 Å². The zero-order valence-electron chi connectivity index (χ0n) is 10.6. The van der Waals surface area contributed by atoms with Crippen molar-refractivity contribution in [3.05, 3.63) is 29.8 Å². The third-order valence-corrected chi connectivity index (χ3v) is 3.31. The standard InChI is InChI=1S/C14H19NO3/c1-17-11-8-6-10(7-9-11)13(15)14(16)18-12-4-2-3-5-12/h6-9,12-13H,2-5,15H2,1H3/t13-/m0/s1. The molecule has 2 N–H and O–H groups in total. The molecule has 1 aromatic carbocycles. The van der Waals surface area contributed by atoms with Crippen LogP contribution in [-0.2, 0) is 9.53 Å². The van der Waals surface area contributed by atoms with Crippen molar-refractivity contribution >= 4 is 5.97 Å². The van der Waals surface area contributed by atoms with Crippen LogP contribution in [0.15, 0.2) is 24.3 Å². The van der Waals surface area contributed by atoms with E-state index in [-0.39, 0.29) is 12.1 Å². The van der Waals surface area contributed by atoms with E-state index in [4.69, 9.17) is 15.2 Å². The molecule has 0 spiro atoms. The summed E-state index contributed by atoms with van der Waals surface area (Å²) in [4.78, 5) is 11.9. The maximum atomic E-state index is 11.9. The molecule has 0 radical (unpaired) electrons. The molecule has 18 heavy (non-hydrogen) atoms. The minimum absolute atomic E-state index is 0.0572. The molecule has 0 aliphatic heterocycles. The first-order chi connectivity index (χ1) is 8.70. The highest BCUT2D eigenvalue weighted by Crippen LogP contribution is 2.23. The summed E-state index contributed by atoms with van der Waals surface area (Å²) in [6.45, 7) is 0. The van der Waals surface area contributed by atoms with E-state index in [0.29, 0.717) is 0 Å². The Morgan fingerprint density at radius 1 is 1.28 bits per heavy atom. The van der Waals surface area contributed by atoms with Gasteiger partial charge >= 0.3 is 5.97 Å². The van der Waals surface area contributed by atoms with Gasteiger partial charge in [-0.2, -0.15) is 0 Å². The van der Waals surface area contributed by atoms with Gasteiger partial charge in [-0.1, -0.05) is 12.1 Å². The van der Waals surface area contributed by atoms with Crippen LogP contribution in [0.5, 0.6) is 5.75 Å². The van der Waals surface area contributed by atoms with Crippen molar-refractivity contribution in [3.63, 3.8) is 0 Å². The molecule has 1 saturated carbocycles. The molecule has 1 aliphatic rings. The van der Waals surface area contributed by atoms with E-state index >= 15 is 0 Å². The van der Waals surface area contributed by atoms with Crippen molar-refractivity contribution in [1.82, 2.24) is 0 Å². The fourth-order valence-corrected chi connectivity index (χ4v) is 2.19. The quantitative estimate of drug-likeness (QED) is 0.831. The molecular formula is C14H19NO3. The van der Waals surface area contributed by atoms with Gasteiger partial charge in [0.15, 0.2) is 0 Å². The Morgan fingerprint density at radius 2 is 1.89 bits per heavy atom. The molecule has 1 fully saturated rings. The molecular weight excluding hydrogens is 230 g/mol. The number of benzene rings is 1. The summed E-state index contributed by atoms with van der Waals surface area (Å²) in [7, 11) is 1.60. The summed E-state index contributed by atoms with van der Waals surface area (Å²) < 4.78 is 10.4. The summed E-state index contributed by atoms with van der Waals surface area (Å²) in [6.07, 6.45) is 4.25. The minimum atomic E-state index is -0.712. The van der Waals surface area contributed by atoms with E-state index in [2.05, 4.69) is 0 Å². The predicted octanol–water partition coefficient (Wildman–Crippen LogP) is 2.18. The Bertz CT molecular complexity index is 396. The van der Waals surface area contributed by atoms with Gasteiger partial charge in [0.1, 0.15) is 17.9 Å². The number of ether oxygens (including phenoxy) is 2. The lowest BCUT2D eigenvalue weighted by Crippen LogP contribution is -2.27. The highest BCUT2D eigenvalue weighted by Gasteiger charge is 2.24. The van der Waals surface area contributed by atoms with Crippen LogP contribution >= 0.6 is 0 Å². The maximum Gasteiger partial charge on any atom is 0.327 e. The molecule has 0 unspecified atom stereocenters. The zero-order valence-corrected chi connectivity index (χ0v) is 10.6. The maximum absolute atomic E-state index is 11.9. The Labute approximate surface area is 107 Å². The number of methoxy groups -OCH3 is 1. The van der Waals surface area contributed by atoms with Crippen LogP contribution in [-0.4, -0.2) is 19.2 Å². The van der Waals surface area contributed by atoms with Gasteiger partial charge in [0.25, 0.3) is 0 Å². The zero-order chi connectivity index (χ0) is 13.0.